The monoisotopic (exact) mass is 299 g/mol. The number of nitrogens with one attached hydrogen (secondary N) is 1. The first-order valence-electron chi connectivity index (χ1n) is 6.38. The summed E-state index contributed by atoms with van der Waals surface area (Å²) >= 11 is 1.46. The van der Waals surface area contributed by atoms with Crippen molar-refractivity contribution in [3.63, 3.8) is 0 Å². The fraction of sp³-hybridized carbons (Fsp3) is 0.500. The molecule has 110 valence electrons. The van der Waals surface area contributed by atoms with Crippen molar-refractivity contribution in [1.82, 2.24) is 5.32 Å². The van der Waals surface area contributed by atoms with E-state index in [-0.39, 0.29) is 18.7 Å². The molecule has 1 heterocycles. The van der Waals surface area contributed by atoms with Gasteiger partial charge in [-0.25, -0.2) is 0 Å². The Morgan fingerprint density at radius 1 is 1.35 bits per heavy atom. The summed E-state index contributed by atoms with van der Waals surface area (Å²) in [7, 11) is -1.65. The van der Waals surface area contributed by atoms with Crippen LogP contribution in [-0.2, 0) is 16.0 Å². The van der Waals surface area contributed by atoms with Gasteiger partial charge in [0, 0.05) is 11.3 Å². The second kappa shape index (κ2) is 8.73. The zero-order valence-corrected chi connectivity index (χ0v) is 11.8. The summed E-state index contributed by atoms with van der Waals surface area (Å²) in [5.41, 5.74) is 0. The van der Waals surface area contributed by atoms with Crippen LogP contribution in [0.4, 0.5) is 0 Å². The number of unbranched alkanes of at least 4 members (excludes halogenated alkanes) is 1. The molecule has 0 spiro atoms. The molecule has 0 saturated heterocycles. The summed E-state index contributed by atoms with van der Waals surface area (Å²) in [6, 6.07) is 3.68. The van der Waals surface area contributed by atoms with Crippen LogP contribution in [0.1, 0.15) is 30.6 Å². The van der Waals surface area contributed by atoms with Gasteiger partial charge < -0.3 is 20.5 Å². The van der Waals surface area contributed by atoms with E-state index in [1.807, 2.05) is 17.5 Å². The van der Waals surface area contributed by atoms with Crippen LogP contribution in [0, 0.1) is 0 Å². The lowest BCUT2D eigenvalue weighted by atomic mass is 9.76. The topological polar surface area (TPSA) is 107 Å². The molecule has 1 aromatic heterocycles. The number of amides is 1. The second-order valence-electron chi connectivity index (χ2n) is 4.48. The maximum atomic E-state index is 11.7. The van der Waals surface area contributed by atoms with Crippen LogP contribution in [0.5, 0.6) is 0 Å². The van der Waals surface area contributed by atoms with Crippen LogP contribution in [0.2, 0.25) is 0 Å². The van der Waals surface area contributed by atoms with Gasteiger partial charge in [-0.2, -0.15) is 0 Å². The molecule has 0 saturated carbocycles. The van der Waals surface area contributed by atoms with E-state index in [9.17, 15) is 19.6 Å². The molecule has 0 aromatic carbocycles. The van der Waals surface area contributed by atoms with Crippen molar-refractivity contribution in [3.05, 3.63) is 22.4 Å². The average molecular weight is 299 g/mol. The number of carboxylic acid groups (broad SMARTS) is 1. The fourth-order valence-corrected chi connectivity index (χ4v) is 2.47. The summed E-state index contributed by atoms with van der Waals surface area (Å²) in [6.07, 6.45) is 1.53. The van der Waals surface area contributed by atoms with Gasteiger partial charge in [-0.15, -0.1) is 11.3 Å². The van der Waals surface area contributed by atoms with E-state index in [4.69, 9.17) is 5.11 Å². The molecule has 0 aliphatic carbocycles. The van der Waals surface area contributed by atoms with Gasteiger partial charge in [0.2, 0.25) is 5.91 Å². The minimum absolute atomic E-state index is 0.0391. The highest BCUT2D eigenvalue weighted by atomic mass is 32.1. The average Bonchev–Trinajstić information content (AvgIpc) is 2.85. The van der Waals surface area contributed by atoms with Gasteiger partial charge >= 0.3 is 13.1 Å². The maximum absolute atomic E-state index is 11.7. The smallest absolute Gasteiger partial charge is 0.475 e. The lowest BCUT2D eigenvalue weighted by Gasteiger charge is -2.17. The van der Waals surface area contributed by atoms with E-state index >= 15 is 0 Å². The lowest BCUT2D eigenvalue weighted by Crippen LogP contribution is -2.46. The van der Waals surface area contributed by atoms with Crippen molar-refractivity contribution in [3.8, 4) is 0 Å². The van der Waals surface area contributed by atoms with Crippen LogP contribution < -0.4 is 5.32 Å². The third-order valence-corrected chi connectivity index (χ3v) is 3.65. The number of carboxylic acids is 1. The van der Waals surface area contributed by atoms with E-state index in [1.165, 1.54) is 11.3 Å². The van der Waals surface area contributed by atoms with Crippen molar-refractivity contribution in [2.75, 3.05) is 0 Å². The van der Waals surface area contributed by atoms with Gasteiger partial charge in [0.1, 0.15) is 0 Å². The minimum atomic E-state index is -1.65. The first kappa shape index (κ1) is 16.7. The highest BCUT2D eigenvalue weighted by Crippen LogP contribution is 2.10. The molecule has 8 heteroatoms. The molecular formula is C12H18BNO5S. The zero-order chi connectivity index (χ0) is 15.0. The summed E-state index contributed by atoms with van der Waals surface area (Å²) in [5.74, 6) is -1.92. The number of rotatable bonds is 9. The number of hydrogen-bond donors (Lipinski definition) is 4. The molecule has 0 radical (unpaired) electrons. The molecule has 1 atom stereocenters. The Morgan fingerprint density at radius 2 is 2.10 bits per heavy atom. The molecule has 0 aliphatic rings. The first-order chi connectivity index (χ1) is 9.49. The van der Waals surface area contributed by atoms with Gasteiger partial charge in [-0.3, -0.25) is 9.59 Å². The quantitative estimate of drug-likeness (QED) is 0.391. The van der Waals surface area contributed by atoms with Gasteiger partial charge in [0.15, 0.2) is 0 Å². The SMILES string of the molecule is O=C(O)CCCCC(NC(=O)Cc1cccs1)B(O)O. The standard InChI is InChI=1S/C12H18BNO5S/c15-11(8-9-4-3-7-20-9)14-10(13(18)19)5-1-2-6-12(16)17/h3-4,7,10,18-19H,1-2,5-6,8H2,(H,14,15)(H,16,17). The van der Waals surface area contributed by atoms with Crippen LogP contribution in [-0.4, -0.2) is 40.1 Å². The normalized spacial score (nSPS) is 11.9. The van der Waals surface area contributed by atoms with Crippen LogP contribution >= 0.6 is 11.3 Å². The third kappa shape index (κ3) is 6.69. The van der Waals surface area contributed by atoms with Crippen molar-refractivity contribution in [1.29, 1.82) is 0 Å². The van der Waals surface area contributed by atoms with Crippen molar-refractivity contribution < 1.29 is 24.7 Å². The van der Waals surface area contributed by atoms with Crippen LogP contribution in [0.25, 0.3) is 0 Å². The third-order valence-electron chi connectivity index (χ3n) is 2.78. The highest BCUT2D eigenvalue weighted by Gasteiger charge is 2.24. The molecule has 1 unspecified atom stereocenters. The Balaban J connectivity index is 2.34. The number of carbonyl (C=O) groups is 2. The predicted molar refractivity (Wildman–Crippen MR) is 76.2 cm³/mol. The van der Waals surface area contributed by atoms with E-state index in [0.29, 0.717) is 19.3 Å². The predicted octanol–water partition coefficient (Wildman–Crippen LogP) is 0.432. The summed E-state index contributed by atoms with van der Waals surface area (Å²) in [5, 5.41) is 31.4. The maximum Gasteiger partial charge on any atom is 0.475 e. The van der Waals surface area contributed by atoms with Crippen molar-refractivity contribution in [2.45, 2.75) is 38.0 Å². The number of thiophene rings is 1. The Morgan fingerprint density at radius 3 is 2.65 bits per heavy atom. The largest absolute Gasteiger partial charge is 0.481 e. The number of aliphatic carboxylic acids is 1. The van der Waals surface area contributed by atoms with E-state index in [2.05, 4.69) is 5.32 Å². The Bertz CT molecular complexity index is 423. The van der Waals surface area contributed by atoms with Gasteiger partial charge in [0.05, 0.1) is 12.4 Å². The Labute approximate surface area is 121 Å². The van der Waals surface area contributed by atoms with Gasteiger partial charge in [-0.05, 0) is 24.3 Å². The number of carbonyl (C=O) groups excluding carboxylic acids is 1. The van der Waals surface area contributed by atoms with E-state index in [0.717, 1.165) is 4.88 Å². The Kier molecular flexibility index (Phi) is 7.28. The van der Waals surface area contributed by atoms with Crippen molar-refractivity contribution in [2.24, 2.45) is 0 Å². The summed E-state index contributed by atoms with van der Waals surface area (Å²) in [6.45, 7) is 0. The molecular weight excluding hydrogens is 281 g/mol. The van der Waals surface area contributed by atoms with Crippen molar-refractivity contribution >= 4 is 30.3 Å². The first-order valence-corrected chi connectivity index (χ1v) is 7.26. The number of hydrogen-bond acceptors (Lipinski definition) is 5. The van der Waals surface area contributed by atoms with Gasteiger partial charge in [-0.1, -0.05) is 12.5 Å². The zero-order valence-electron chi connectivity index (χ0n) is 11.0. The molecule has 1 rings (SSSR count). The fourth-order valence-electron chi connectivity index (χ4n) is 1.77. The summed E-state index contributed by atoms with van der Waals surface area (Å²) < 4.78 is 0. The molecule has 1 aromatic rings. The highest BCUT2D eigenvalue weighted by molar-refractivity contribution is 7.10. The summed E-state index contributed by atoms with van der Waals surface area (Å²) in [4.78, 5) is 23.0. The molecule has 6 nitrogen and oxygen atoms in total. The minimum Gasteiger partial charge on any atom is -0.481 e. The van der Waals surface area contributed by atoms with Crippen LogP contribution in [0.15, 0.2) is 17.5 Å². The van der Waals surface area contributed by atoms with E-state index < -0.39 is 19.0 Å². The molecule has 0 aliphatic heterocycles. The second-order valence-corrected chi connectivity index (χ2v) is 5.52. The Hall–Kier alpha value is -1.38. The van der Waals surface area contributed by atoms with E-state index in [1.54, 1.807) is 0 Å². The molecule has 0 fully saturated rings. The molecule has 20 heavy (non-hydrogen) atoms. The lowest BCUT2D eigenvalue weighted by molar-refractivity contribution is -0.137. The van der Waals surface area contributed by atoms with Gasteiger partial charge in [0.25, 0.3) is 0 Å². The molecule has 1 amide bonds. The van der Waals surface area contributed by atoms with Crippen LogP contribution in [0.3, 0.4) is 0 Å². The molecule has 4 N–H and O–H groups in total. The molecule has 0 bridgehead atoms.